The van der Waals surface area contributed by atoms with Gasteiger partial charge in [0.25, 0.3) is 0 Å². The minimum atomic E-state index is -0.453. The van der Waals surface area contributed by atoms with Crippen LogP contribution in [-0.4, -0.2) is 24.9 Å². The molecule has 0 radical (unpaired) electrons. The van der Waals surface area contributed by atoms with Gasteiger partial charge in [0.1, 0.15) is 6.42 Å². The summed E-state index contributed by atoms with van der Waals surface area (Å²) in [5, 5.41) is 5.30. The average molecular weight is 326 g/mol. The number of carbonyl (C=O) groups is 3. The van der Waals surface area contributed by atoms with E-state index < -0.39 is 17.8 Å². The molecule has 6 heteroatoms. The number of esters is 1. The highest BCUT2D eigenvalue weighted by Crippen LogP contribution is 2.14. The Morgan fingerprint density at radius 1 is 0.917 bits per heavy atom. The number of aryl methyl sites for hydroxylation is 1. The second kappa shape index (κ2) is 7.92. The summed E-state index contributed by atoms with van der Waals surface area (Å²) in [5.74, 6) is -1.29. The number of hydrogen-bond donors (Lipinski definition) is 2. The van der Waals surface area contributed by atoms with Crippen molar-refractivity contribution in [2.24, 2.45) is 0 Å². The zero-order valence-electron chi connectivity index (χ0n) is 13.5. The number of carbonyl (C=O) groups excluding carboxylic acids is 3. The molecular formula is C18H18N2O4. The Morgan fingerprint density at radius 3 is 2.17 bits per heavy atom. The number of amides is 2. The lowest BCUT2D eigenvalue weighted by Gasteiger charge is -2.09. The maximum Gasteiger partial charge on any atom is 0.337 e. The number of nitrogens with one attached hydrogen (secondary N) is 2. The second-order valence-corrected chi connectivity index (χ2v) is 5.16. The predicted octanol–water partition coefficient (Wildman–Crippen LogP) is 2.75. The number of methoxy groups -OCH3 is 1. The van der Waals surface area contributed by atoms with Crippen LogP contribution in [0, 0.1) is 6.92 Å². The molecule has 0 aliphatic rings. The fraction of sp³-hybridized carbons (Fsp3) is 0.167. The molecular weight excluding hydrogens is 308 g/mol. The highest BCUT2D eigenvalue weighted by molar-refractivity contribution is 6.08. The van der Waals surface area contributed by atoms with E-state index >= 15 is 0 Å². The van der Waals surface area contributed by atoms with Gasteiger partial charge in [0.05, 0.1) is 12.7 Å². The molecule has 0 bridgehead atoms. The molecule has 0 atom stereocenters. The van der Waals surface area contributed by atoms with Crippen LogP contribution in [0.3, 0.4) is 0 Å². The maximum atomic E-state index is 11.9. The SMILES string of the molecule is COC(=O)c1ccc(NC(=O)CC(=O)Nc2ccccc2C)cc1. The molecule has 0 saturated carbocycles. The van der Waals surface area contributed by atoms with Crippen molar-refractivity contribution in [3.8, 4) is 0 Å². The molecule has 2 rings (SSSR count). The van der Waals surface area contributed by atoms with E-state index in [2.05, 4.69) is 15.4 Å². The van der Waals surface area contributed by atoms with E-state index in [0.717, 1.165) is 5.56 Å². The molecule has 0 fully saturated rings. The third kappa shape index (κ3) is 4.67. The van der Waals surface area contributed by atoms with E-state index in [0.29, 0.717) is 16.9 Å². The van der Waals surface area contributed by atoms with Gasteiger partial charge >= 0.3 is 5.97 Å². The summed E-state index contributed by atoms with van der Waals surface area (Å²) in [6, 6.07) is 13.5. The minimum absolute atomic E-state index is 0.299. The largest absolute Gasteiger partial charge is 0.465 e. The van der Waals surface area contributed by atoms with Gasteiger partial charge in [0, 0.05) is 11.4 Å². The summed E-state index contributed by atoms with van der Waals surface area (Å²) in [6.45, 7) is 1.87. The third-order valence-electron chi connectivity index (χ3n) is 3.33. The van der Waals surface area contributed by atoms with Crippen molar-refractivity contribution in [2.75, 3.05) is 17.7 Å². The summed E-state index contributed by atoms with van der Waals surface area (Å²) in [6.07, 6.45) is -0.299. The van der Waals surface area contributed by atoms with E-state index in [1.807, 2.05) is 25.1 Å². The van der Waals surface area contributed by atoms with Gasteiger partial charge in [-0.1, -0.05) is 18.2 Å². The molecule has 0 spiro atoms. The highest BCUT2D eigenvalue weighted by Gasteiger charge is 2.11. The Hall–Kier alpha value is -3.15. The van der Waals surface area contributed by atoms with E-state index in [1.165, 1.54) is 19.2 Å². The molecule has 2 aromatic carbocycles. The van der Waals surface area contributed by atoms with Crippen LogP contribution in [0.1, 0.15) is 22.3 Å². The maximum absolute atomic E-state index is 11.9. The topological polar surface area (TPSA) is 84.5 Å². The molecule has 2 N–H and O–H groups in total. The van der Waals surface area contributed by atoms with Gasteiger partial charge in [-0.15, -0.1) is 0 Å². The van der Waals surface area contributed by atoms with Crippen LogP contribution in [0.5, 0.6) is 0 Å². The first-order valence-electron chi connectivity index (χ1n) is 7.33. The predicted molar refractivity (Wildman–Crippen MR) is 90.8 cm³/mol. The smallest absolute Gasteiger partial charge is 0.337 e. The fourth-order valence-electron chi connectivity index (χ4n) is 2.07. The minimum Gasteiger partial charge on any atom is -0.465 e. The van der Waals surface area contributed by atoms with Crippen molar-refractivity contribution in [1.82, 2.24) is 0 Å². The number of ether oxygens (including phenoxy) is 1. The zero-order valence-corrected chi connectivity index (χ0v) is 13.5. The molecule has 6 nitrogen and oxygen atoms in total. The van der Waals surface area contributed by atoms with Crippen molar-refractivity contribution in [2.45, 2.75) is 13.3 Å². The molecule has 0 aliphatic carbocycles. The van der Waals surface area contributed by atoms with Gasteiger partial charge in [-0.05, 0) is 42.8 Å². The van der Waals surface area contributed by atoms with Crippen LogP contribution in [0.4, 0.5) is 11.4 Å². The lowest BCUT2D eigenvalue weighted by atomic mass is 10.2. The number of hydrogen-bond acceptors (Lipinski definition) is 4. The van der Waals surface area contributed by atoms with Crippen LogP contribution < -0.4 is 10.6 Å². The standard InChI is InChI=1S/C18H18N2O4/c1-12-5-3-4-6-15(12)20-17(22)11-16(21)19-14-9-7-13(8-10-14)18(23)24-2/h3-10H,11H2,1-2H3,(H,19,21)(H,20,22). The number of para-hydroxylation sites is 1. The molecule has 0 saturated heterocycles. The Bertz CT molecular complexity index is 754. The summed E-state index contributed by atoms with van der Waals surface area (Å²) in [5.41, 5.74) is 2.48. The van der Waals surface area contributed by atoms with Crippen LogP contribution in [0.15, 0.2) is 48.5 Å². The fourth-order valence-corrected chi connectivity index (χ4v) is 2.07. The first-order chi connectivity index (χ1) is 11.5. The van der Waals surface area contributed by atoms with Gasteiger partial charge in [0.2, 0.25) is 11.8 Å². The first kappa shape index (κ1) is 17.2. The van der Waals surface area contributed by atoms with E-state index in [-0.39, 0.29) is 6.42 Å². The molecule has 0 aromatic heterocycles. The van der Waals surface area contributed by atoms with Gasteiger partial charge in [-0.3, -0.25) is 9.59 Å². The van der Waals surface area contributed by atoms with Crippen LogP contribution in [0.25, 0.3) is 0 Å². The number of rotatable bonds is 5. The molecule has 0 heterocycles. The van der Waals surface area contributed by atoms with Crippen LogP contribution >= 0.6 is 0 Å². The lowest BCUT2D eigenvalue weighted by Crippen LogP contribution is -2.21. The Kier molecular flexibility index (Phi) is 5.68. The quantitative estimate of drug-likeness (QED) is 0.653. The van der Waals surface area contributed by atoms with Gasteiger partial charge < -0.3 is 15.4 Å². The monoisotopic (exact) mass is 326 g/mol. The van der Waals surface area contributed by atoms with Crippen LogP contribution in [0.2, 0.25) is 0 Å². The Labute approximate surface area is 139 Å². The summed E-state index contributed by atoms with van der Waals surface area (Å²) < 4.78 is 4.60. The van der Waals surface area contributed by atoms with E-state index in [9.17, 15) is 14.4 Å². The third-order valence-corrected chi connectivity index (χ3v) is 3.33. The molecule has 0 aliphatic heterocycles. The van der Waals surface area contributed by atoms with Crippen molar-refractivity contribution < 1.29 is 19.1 Å². The van der Waals surface area contributed by atoms with Gasteiger partial charge in [-0.2, -0.15) is 0 Å². The van der Waals surface area contributed by atoms with Gasteiger partial charge in [-0.25, -0.2) is 4.79 Å². The summed E-state index contributed by atoms with van der Waals surface area (Å²) in [4.78, 5) is 35.2. The highest BCUT2D eigenvalue weighted by atomic mass is 16.5. The Morgan fingerprint density at radius 2 is 1.54 bits per heavy atom. The summed E-state index contributed by atoms with van der Waals surface area (Å²) >= 11 is 0. The van der Waals surface area contributed by atoms with Crippen molar-refractivity contribution in [1.29, 1.82) is 0 Å². The normalized spacial score (nSPS) is 9.92. The van der Waals surface area contributed by atoms with E-state index in [1.54, 1.807) is 18.2 Å². The molecule has 24 heavy (non-hydrogen) atoms. The number of anilines is 2. The second-order valence-electron chi connectivity index (χ2n) is 5.16. The van der Waals surface area contributed by atoms with Crippen molar-refractivity contribution in [3.05, 3.63) is 59.7 Å². The number of benzene rings is 2. The van der Waals surface area contributed by atoms with Crippen LogP contribution in [-0.2, 0) is 14.3 Å². The van der Waals surface area contributed by atoms with Gasteiger partial charge in [0.15, 0.2) is 0 Å². The Balaban J connectivity index is 1.89. The lowest BCUT2D eigenvalue weighted by molar-refractivity contribution is -0.123. The molecule has 0 unspecified atom stereocenters. The van der Waals surface area contributed by atoms with E-state index in [4.69, 9.17) is 0 Å². The summed E-state index contributed by atoms with van der Waals surface area (Å²) in [7, 11) is 1.30. The van der Waals surface area contributed by atoms with Crippen molar-refractivity contribution >= 4 is 29.2 Å². The zero-order chi connectivity index (χ0) is 17.5. The molecule has 2 amide bonds. The average Bonchev–Trinajstić information content (AvgIpc) is 2.56. The molecule has 124 valence electrons. The molecule has 2 aromatic rings. The van der Waals surface area contributed by atoms with Crippen molar-refractivity contribution in [3.63, 3.8) is 0 Å². The first-order valence-corrected chi connectivity index (χ1v) is 7.33.